The van der Waals surface area contributed by atoms with Crippen LogP contribution in [0.5, 0.6) is 0 Å². The summed E-state index contributed by atoms with van der Waals surface area (Å²) in [5.74, 6) is 0.183. The number of benzene rings is 1. The number of halogens is 2. The van der Waals surface area contributed by atoms with Gasteiger partial charge in [-0.3, -0.25) is 4.79 Å². The summed E-state index contributed by atoms with van der Waals surface area (Å²) in [6, 6.07) is 5.43. The molecule has 1 aromatic rings. The van der Waals surface area contributed by atoms with E-state index in [0.717, 1.165) is 12.1 Å². The molecule has 2 nitrogen and oxygen atoms in total. The molecule has 0 bridgehead atoms. The maximum Gasteiger partial charge on any atom is 0.138 e. The predicted molar refractivity (Wildman–Crippen MR) is 72.9 cm³/mol. The highest BCUT2D eigenvalue weighted by Gasteiger charge is 2.11. The Kier molecular flexibility index (Phi) is 5.96. The van der Waals surface area contributed by atoms with Crippen molar-refractivity contribution in [2.75, 3.05) is 6.54 Å². The third-order valence-electron chi connectivity index (χ3n) is 2.49. The number of nitrogens with one attached hydrogen (secondary N) is 1. The third-order valence-corrected chi connectivity index (χ3v) is 3.08. The zero-order valence-electron chi connectivity index (χ0n) is 10.1. The third kappa shape index (κ3) is 5.07. The van der Waals surface area contributed by atoms with Gasteiger partial charge in [0.05, 0.1) is 0 Å². The van der Waals surface area contributed by atoms with E-state index in [1.54, 1.807) is 18.2 Å². The van der Waals surface area contributed by atoms with Crippen molar-refractivity contribution in [3.63, 3.8) is 0 Å². The van der Waals surface area contributed by atoms with E-state index < -0.39 is 0 Å². The first-order valence-electron chi connectivity index (χ1n) is 5.72. The molecular formula is C13H17Cl2NO. The number of carbonyl (C=O) groups is 1. The van der Waals surface area contributed by atoms with Crippen LogP contribution < -0.4 is 5.32 Å². The van der Waals surface area contributed by atoms with Crippen LogP contribution in [0.4, 0.5) is 0 Å². The molecule has 17 heavy (non-hydrogen) atoms. The van der Waals surface area contributed by atoms with E-state index in [-0.39, 0.29) is 11.8 Å². The summed E-state index contributed by atoms with van der Waals surface area (Å²) < 4.78 is 0. The first-order chi connectivity index (χ1) is 8.02. The molecule has 1 N–H and O–H groups in total. The van der Waals surface area contributed by atoms with E-state index in [4.69, 9.17) is 23.2 Å². The lowest BCUT2D eigenvalue weighted by Crippen LogP contribution is -2.28. The lowest BCUT2D eigenvalue weighted by Gasteiger charge is -2.11. The smallest absolute Gasteiger partial charge is 0.138 e. The van der Waals surface area contributed by atoms with Crippen molar-refractivity contribution < 1.29 is 4.79 Å². The second kappa shape index (κ2) is 7.00. The Morgan fingerprint density at radius 1 is 1.41 bits per heavy atom. The van der Waals surface area contributed by atoms with Gasteiger partial charge in [-0.2, -0.15) is 0 Å². The lowest BCUT2D eigenvalue weighted by atomic mass is 10.0. The summed E-state index contributed by atoms with van der Waals surface area (Å²) in [5.41, 5.74) is 0.838. The zero-order chi connectivity index (χ0) is 12.8. The molecule has 1 unspecified atom stereocenters. The van der Waals surface area contributed by atoms with Gasteiger partial charge in [0, 0.05) is 28.9 Å². The van der Waals surface area contributed by atoms with Crippen molar-refractivity contribution >= 4 is 29.0 Å². The molecule has 0 fully saturated rings. The van der Waals surface area contributed by atoms with Gasteiger partial charge in [0.25, 0.3) is 0 Å². The van der Waals surface area contributed by atoms with Gasteiger partial charge in [-0.25, -0.2) is 0 Å². The highest BCUT2D eigenvalue weighted by Crippen LogP contribution is 2.21. The van der Waals surface area contributed by atoms with Crippen molar-refractivity contribution in [2.45, 2.75) is 32.7 Å². The maximum absolute atomic E-state index is 11.8. The van der Waals surface area contributed by atoms with Gasteiger partial charge in [-0.1, -0.05) is 36.2 Å². The van der Waals surface area contributed by atoms with Crippen LogP contribution in [0.3, 0.4) is 0 Å². The van der Waals surface area contributed by atoms with Gasteiger partial charge in [0.15, 0.2) is 0 Å². The van der Waals surface area contributed by atoms with Crippen molar-refractivity contribution in [1.29, 1.82) is 0 Å². The molecule has 0 aliphatic carbocycles. The number of ketones is 1. The average Bonchev–Trinajstić information content (AvgIpc) is 2.22. The first kappa shape index (κ1) is 14.5. The van der Waals surface area contributed by atoms with Crippen LogP contribution in [0, 0.1) is 0 Å². The topological polar surface area (TPSA) is 29.1 Å². The first-order valence-corrected chi connectivity index (χ1v) is 6.47. The molecule has 1 aromatic carbocycles. The molecule has 4 heteroatoms. The van der Waals surface area contributed by atoms with Crippen molar-refractivity contribution in [3.05, 3.63) is 33.8 Å². The molecule has 0 spiro atoms. The fourth-order valence-corrected chi connectivity index (χ4v) is 2.19. The summed E-state index contributed by atoms with van der Waals surface area (Å²) in [6.45, 7) is 4.90. The molecule has 1 atom stereocenters. The molecule has 0 aliphatic rings. The molecule has 94 valence electrons. The summed E-state index contributed by atoms with van der Waals surface area (Å²) in [7, 11) is 0. The van der Waals surface area contributed by atoms with Gasteiger partial charge in [-0.15, -0.1) is 0 Å². The van der Waals surface area contributed by atoms with Gasteiger partial charge in [0.2, 0.25) is 0 Å². The fraction of sp³-hybridized carbons (Fsp3) is 0.462. The van der Waals surface area contributed by atoms with Crippen molar-refractivity contribution in [2.24, 2.45) is 0 Å². The van der Waals surface area contributed by atoms with Gasteiger partial charge in [-0.05, 0) is 31.2 Å². The molecule has 0 amide bonds. The van der Waals surface area contributed by atoms with E-state index in [9.17, 15) is 4.79 Å². The van der Waals surface area contributed by atoms with E-state index in [1.807, 2.05) is 13.8 Å². The predicted octanol–water partition coefficient (Wildman–Crippen LogP) is 3.49. The molecule has 1 rings (SSSR count). The zero-order valence-corrected chi connectivity index (χ0v) is 11.6. The fourth-order valence-electron chi connectivity index (χ4n) is 1.71. The van der Waals surface area contributed by atoms with Crippen LogP contribution >= 0.6 is 23.2 Å². The molecule has 0 saturated carbocycles. The minimum Gasteiger partial charge on any atom is -0.314 e. The number of rotatable bonds is 6. The minimum absolute atomic E-state index is 0.183. The number of hydrogen-bond acceptors (Lipinski definition) is 2. The minimum atomic E-state index is 0.183. The Balaban J connectivity index is 2.56. The van der Waals surface area contributed by atoms with Gasteiger partial charge in [0.1, 0.15) is 5.78 Å². The van der Waals surface area contributed by atoms with Crippen molar-refractivity contribution in [3.8, 4) is 0 Å². The molecule has 0 radical (unpaired) electrons. The second-order valence-electron chi connectivity index (χ2n) is 4.11. The van der Waals surface area contributed by atoms with Crippen LogP contribution in [0.25, 0.3) is 0 Å². The Morgan fingerprint density at radius 2 is 2.12 bits per heavy atom. The highest BCUT2D eigenvalue weighted by atomic mass is 35.5. The van der Waals surface area contributed by atoms with Crippen molar-refractivity contribution in [1.82, 2.24) is 5.32 Å². The van der Waals surface area contributed by atoms with Crippen LogP contribution in [0.1, 0.15) is 25.8 Å². The maximum atomic E-state index is 11.8. The molecule has 0 aliphatic heterocycles. The summed E-state index contributed by atoms with van der Waals surface area (Å²) in [5, 5.41) is 4.36. The molecule has 0 saturated heterocycles. The Bertz CT molecular complexity index is 393. The highest BCUT2D eigenvalue weighted by molar-refractivity contribution is 6.35. The van der Waals surface area contributed by atoms with Crippen LogP contribution in [0.15, 0.2) is 18.2 Å². The SMILES string of the molecule is CCNC(C)CC(=O)Cc1ccc(Cl)cc1Cl. The second-order valence-corrected chi connectivity index (χ2v) is 4.96. The number of hydrogen-bond donors (Lipinski definition) is 1. The normalized spacial score (nSPS) is 12.5. The monoisotopic (exact) mass is 273 g/mol. The van der Waals surface area contributed by atoms with E-state index in [2.05, 4.69) is 5.32 Å². The quantitative estimate of drug-likeness (QED) is 0.860. The largest absolute Gasteiger partial charge is 0.314 e. The summed E-state index contributed by atoms with van der Waals surface area (Å²) >= 11 is 11.8. The van der Waals surface area contributed by atoms with E-state index in [1.165, 1.54) is 0 Å². The lowest BCUT2D eigenvalue weighted by molar-refractivity contribution is -0.118. The standard InChI is InChI=1S/C13H17Cl2NO/c1-3-16-9(2)6-12(17)7-10-4-5-11(14)8-13(10)15/h4-5,8-9,16H,3,6-7H2,1-2H3. The van der Waals surface area contributed by atoms with E-state index >= 15 is 0 Å². The Labute approximate surface area is 112 Å². The van der Waals surface area contributed by atoms with Gasteiger partial charge >= 0.3 is 0 Å². The number of Topliss-reactive ketones (excluding diaryl/α,β-unsaturated/α-hetero) is 1. The summed E-state index contributed by atoms with van der Waals surface area (Å²) in [6.07, 6.45) is 0.887. The summed E-state index contributed by atoms with van der Waals surface area (Å²) in [4.78, 5) is 11.8. The molecule has 0 aromatic heterocycles. The Morgan fingerprint density at radius 3 is 2.71 bits per heavy atom. The van der Waals surface area contributed by atoms with E-state index in [0.29, 0.717) is 22.9 Å². The van der Waals surface area contributed by atoms with Crippen LogP contribution in [-0.4, -0.2) is 18.4 Å². The number of carbonyl (C=O) groups excluding carboxylic acids is 1. The molecular weight excluding hydrogens is 257 g/mol. The Hall–Kier alpha value is -0.570. The molecule has 0 heterocycles. The van der Waals surface area contributed by atoms with Gasteiger partial charge < -0.3 is 5.32 Å². The van der Waals surface area contributed by atoms with Crippen LogP contribution in [-0.2, 0) is 11.2 Å². The van der Waals surface area contributed by atoms with Crippen LogP contribution in [0.2, 0.25) is 10.0 Å². The average molecular weight is 274 g/mol.